The van der Waals surface area contributed by atoms with E-state index in [2.05, 4.69) is 30.8 Å². The van der Waals surface area contributed by atoms with Crippen molar-refractivity contribution >= 4 is 41.5 Å². The zero-order valence-corrected chi connectivity index (χ0v) is 19.7. The lowest BCUT2D eigenvalue weighted by Crippen LogP contribution is -2.47. The molecule has 1 aliphatic rings. The summed E-state index contributed by atoms with van der Waals surface area (Å²) in [6.45, 7) is 3.54. The molecule has 1 aliphatic heterocycles. The Morgan fingerprint density at radius 1 is 1.23 bits per heavy atom. The molecule has 1 aromatic carbocycles. The Morgan fingerprint density at radius 3 is 2.61 bits per heavy atom. The van der Waals surface area contributed by atoms with Gasteiger partial charge in [0.1, 0.15) is 5.82 Å². The van der Waals surface area contributed by atoms with Crippen LogP contribution in [0.1, 0.15) is 11.6 Å². The molecule has 0 saturated carbocycles. The second-order valence-electron chi connectivity index (χ2n) is 6.81. The predicted octanol–water partition coefficient (Wildman–Crippen LogP) is 2.02. The van der Waals surface area contributed by atoms with Crippen LogP contribution in [-0.2, 0) is 9.53 Å². The molecule has 1 saturated heterocycles. The summed E-state index contributed by atoms with van der Waals surface area (Å²) >= 11 is 0. The van der Waals surface area contributed by atoms with Crippen molar-refractivity contribution in [3.63, 3.8) is 0 Å². The minimum atomic E-state index is -0.260. The Kier molecular flexibility index (Phi) is 10.6. The van der Waals surface area contributed by atoms with Crippen LogP contribution in [0.3, 0.4) is 0 Å². The van der Waals surface area contributed by atoms with Gasteiger partial charge < -0.3 is 20.7 Å². The number of morpholine rings is 1. The van der Waals surface area contributed by atoms with Crippen LogP contribution in [0.25, 0.3) is 0 Å². The number of hydrogen-bond acceptors (Lipinski definition) is 5. The molecule has 0 aliphatic carbocycles. The van der Waals surface area contributed by atoms with Crippen LogP contribution in [0.5, 0.6) is 0 Å². The number of anilines is 1. The number of benzene rings is 1. The third-order valence-corrected chi connectivity index (χ3v) is 4.79. The number of halogens is 2. The molecule has 168 valence electrons. The quantitative estimate of drug-likeness (QED) is 0.282. The Balaban J connectivity index is 0.00000341. The summed E-state index contributed by atoms with van der Waals surface area (Å²) in [6.07, 6.45) is 3.23. The molecule has 3 N–H and O–H groups in total. The lowest BCUT2D eigenvalue weighted by atomic mass is 10.0. The first-order valence-electron chi connectivity index (χ1n) is 9.87. The van der Waals surface area contributed by atoms with Crippen LogP contribution >= 0.6 is 24.0 Å². The number of nitrogens with zero attached hydrogens (tertiary/aromatic N) is 3. The zero-order chi connectivity index (χ0) is 21.2. The van der Waals surface area contributed by atoms with Crippen LogP contribution in [0.2, 0.25) is 0 Å². The van der Waals surface area contributed by atoms with Crippen molar-refractivity contribution in [2.45, 2.75) is 6.04 Å². The Labute approximate surface area is 198 Å². The molecule has 1 unspecified atom stereocenters. The zero-order valence-electron chi connectivity index (χ0n) is 17.4. The van der Waals surface area contributed by atoms with Crippen molar-refractivity contribution in [2.24, 2.45) is 4.99 Å². The molecule has 0 spiro atoms. The van der Waals surface area contributed by atoms with E-state index in [0.717, 1.165) is 18.7 Å². The third kappa shape index (κ3) is 8.04. The second kappa shape index (κ2) is 13.2. The number of nitrogens with one attached hydrogen (secondary N) is 3. The highest BCUT2D eigenvalue weighted by Gasteiger charge is 2.23. The molecule has 8 nitrogen and oxygen atoms in total. The van der Waals surface area contributed by atoms with Gasteiger partial charge in [0, 0.05) is 32.9 Å². The van der Waals surface area contributed by atoms with Crippen molar-refractivity contribution in [3.05, 3.63) is 60.2 Å². The fourth-order valence-electron chi connectivity index (χ4n) is 3.25. The first kappa shape index (κ1) is 25.0. The topological polar surface area (TPSA) is 90.9 Å². The number of amides is 1. The van der Waals surface area contributed by atoms with Gasteiger partial charge in [-0.15, -0.1) is 24.0 Å². The van der Waals surface area contributed by atoms with E-state index in [9.17, 15) is 9.18 Å². The van der Waals surface area contributed by atoms with Crippen molar-refractivity contribution < 1.29 is 13.9 Å². The highest BCUT2D eigenvalue weighted by Crippen LogP contribution is 2.21. The smallest absolute Gasteiger partial charge is 0.243 e. The van der Waals surface area contributed by atoms with Gasteiger partial charge in [-0.2, -0.15) is 0 Å². The summed E-state index contributed by atoms with van der Waals surface area (Å²) in [5, 5.41) is 9.05. The van der Waals surface area contributed by atoms with Crippen LogP contribution in [0, 0.1) is 5.82 Å². The van der Waals surface area contributed by atoms with Crippen molar-refractivity contribution in [3.8, 4) is 0 Å². The predicted molar refractivity (Wildman–Crippen MR) is 129 cm³/mol. The standard InChI is InChI=1S/C21H27FN6O2.HI/c1-23-21(26-15-20(29)27-18-3-2-8-24-13-18)25-14-19(28-9-11-30-12-10-28)16-4-6-17(22)7-5-16;/h2-8,13,19H,9-12,14-15H2,1H3,(H,27,29)(H2,23,25,26);1H. The minimum absolute atomic E-state index is 0. The van der Waals surface area contributed by atoms with E-state index in [1.807, 2.05) is 0 Å². The molecule has 2 heterocycles. The molecular formula is C21H28FIN6O2. The second-order valence-corrected chi connectivity index (χ2v) is 6.81. The Hall–Kier alpha value is -2.31. The molecule has 0 bridgehead atoms. The normalized spacial score (nSPS) is 15.5. The largest absolute Gasteiger partial charge is 0.379 e. The number of aromatic nitrogens is 1. The van der Waals surface area contributed by atoms with Gasteiger partial charge in [-0.05, 0) is 29.8 Å². The van der Waals surface area contributed by atoms with E-state index in [0.29, 0.717) is 31.4 Å². The number of pyridine rings is 1. The maximum Gasteiger partial charge on any atom is 0.243 e. The molecule has 1 atom stereocenters. The molecule has 2 aromatic rings. The maximum atomic E-state index is 13.4. The van der Waals surface area contributed by atoms with E-state index in [1.54, 1.807) is 43.7 Å². The fourth-order valence-corrected chi connectivity index (χ4v) is 3.25. The summed E-state index contributed by atoms with van der Waals surface area (Å²) in [5.74, 6) is 0.0514. The number of ether oxygens (including phenoxy) is 1. The minimum Gasteiger partial charge on any atom is -0.379 e. The molecular weight excluding hydrogens is 514 g/mol. The van der Waals surface area contributed by atoms with E-state index >= 15 is 0 Å². The summed E-state index contributed by atoms with van der Waals surface area (Å²) in [4.78, 5) is 22.6. The molecule has 10 heteroatoms. The third-order valence-electron chi connectivity index (χ3n) is 4.79. The first-order valence-corrected chi connectivity index (χ1v) is 9.87. The fraction of sp³-hybridized carbons (Fsp3) is 0.381. The number of rotatable bonds is 7. The van der Waals surface area contributed by atoms with Crippen LogP contribution in [0.4, 0.5) is 10.1 Å². The molecule has 1 fully saturated rings. The number of carbonyl (C=O) groups is 1. The van der Waals surface area contributed by atoms with Gasteiger partial charge in [0.2, 0.25) is 5.91 Å². The summed E-state index contributed by atoms with van der Waals surface area (Å²) in [7, 11) is 1.65. The van der Waals surface area contributed by atoms with Gasteiger partial charge in [0.25, 0.3) is 0 Å². The number of hydrogen-bond donors (Lipinski definition) is 3. The molecule has 1 amide bonds. The van der Waals surface area contributed by atoms with Crippen molar-refractivity contribution in [1.82, 2.24) is 20.5 Å². The van der Waals surface area contributed by atoms with Gasteiger partial charge in [-0.3, -0.25) is 19.7 Å². The Morgan fingerprint density at radius 2 is 1.97 bits per heavy atom. The molecule has 1 aromatic heterocycles. The van der Waals surface area contributed by atoms with Crippen LogP contribution in [-0.4, -0.2) is 68.2 Å². The monoisotopic (exact) mass is 542 g/mol. The van der Waals surface area contributed by atoms with Gasteiger partial charge in [-0.25, -0.2) is 4.39 Å². The SMILES string of the molecule is CN=C(NCC(=O)Nc1cccnc1)NCC(c1ccc(F)cc1)N1CCOCC1.I. The molecule has 0 radical (unpaired) electrons. The van der Waals surface area contributed by atoms with Gasteiger partial charge in [-0.1, -0.05) is 12.1 Å². The average molecular weight is 542 g/mol. The average Bonchev–Trinajstić information content (AvgIpc) is 2.78. The Bertz CT molecular complexity index is 832. The number of aliphatic imine (C=N–C) groups is 1. The number of carbonyl (C=O) groups excluding carboxylic acids is 1. The van der Waals surface area contributed by atoms with Crippen molar-refractivity contribution in [2.75, 3.05) is 51.8 Å². The summed E-state index contributed by atoms with van der Waals surface area (Å²) < 4.78 is 18.8. The first-order chi connectivity index (χ1) is 14.7. The highest BCUT2D eigenvalue weighted by molar-refractivity contribution is 14.0. The maximum absolute atomic E-state index is 13.4. The van der Waals surface area contributed by atoms with E-state index in [4.69, 9.17) is 4.74 Å². The molecule has 31 heavy (non-hydrogen) atoms. The van der Waals surface area contributed by atoms with Crippen LogP contribution in [0.15, 0.2) is 53.8 Å². The van der Waals surface area contributed by atoms with Gasteiger partial charge >= 0.3 is 0 Å². The van der Waals surface area contributed by atoms with Crippen molar-refractivity contribution in [1.29, 1.82) is 0 Å². The molecule has 3 rings (SSSR count). The van der Waals surface area contributed by atoms with Gasteiger partial charge in [0.15, 0.2) is 5.96 Å². The highest BCUT2D eigenvalue weighted by atomic mass is 127. The lowest BCUT2D eigenvalue weighted by Gasteiger charge is -2.35. The lowest BCUT2D eigenvalue weighted by molar-refractivity contribution is -0.115. The summed E-state index contributed by atoms with van der Waals surface area (Å²) in [6, 6.07) is 10.1. The van der Waals surface area contributed by atoms with Gasteiger partial charge in [0.05, 0.1) is 37.7 Å². The van der Waals surface area contributed by atoms with E-state index in [1.165, 1.54) is 12.1 Å². The van der Waals surface area contributed by atoms with E-state index < -0.39 is 0 Å². The number of guanidine groups is 1. The summed E-state index contributed by atoms with van der Waals surface area (Å²) in [5.41, 5.74) is 1.64. The van der Waals surface area contributed by atoms with E-state index in [-0.39, 0.29) is 48.3 Å². The van der Waals surface area contributed by atoms with Crippen LogP contribution < -0.4 is 16.0 Å².